The van der Waals surface area contributed by atoms with E-state index < -0.39 is 0 Å². The van der Waals surface area contributed by atoms with Crippen molar-refractivity contribution in [2.75, 3.05) is 0 Å². The van der Waals surface area contributed by atoms with Gasteiger partial charge in [-0.05, 0) is 30.9 Å². The van der Waals surface area contributed by atoms with E-state index in [2.05, 4.69) is 44.7 Å². The standard InChI is InChI=1S/C12H14S/c1-4-5-11(3)13-12-8-6-10(2)7-9-12/h4-9H,1H2,2-3H3/b11-5+. The van der Waals surface area contributed by atoms with Gasteiger partial charge in [-0.1, -0.05) is 48.2 Å². The van der Waals surface area contributed by atoms with Crippen molar-refractivity contribution in [3.05, 3.63) is 53.5 Å². The van der Waals surface area contributed by atoms with E-state index in [0.29, 0.717) is 0 Å². The summed E-state index contributed by atoms with van der Waals surface area (Å²) in [6.07, 6.45) is 3.83. The zero-order valence-electron chi connectivity index (χ0n) is 8.08. The number of benzene rings is 1. The lowest BCUT2D eigenvalue weighted by molar-refractivity contribution is 1.38. The largest absolute Gasteiger partial charge is 0.0990 e. The smallest absolute Gasteiger partial charge is 0.0119 e. The first-order valence-corrected chi connectivity index (χ1v) is 5.08. The lowest BCUT2D eigenvalue weighted by Gasteiger charge is -2.00. The molecule has 0 saturated carbocycles. The summed E-state index contributed by atoms with van der Waals surface area (Å²) in [5, 5.41) is 0. The van der Waals surface area contributed by atoms with Crippen LogP contribution in [0.4, 0.5) is 0 Å². The molecule has 1 aromatic rings. The Morgan fingerprint density at radius 3 is 2.46 bits per heavy atom. The van der Waals surface area contributed by atoms with Crippen molar-refractivity contribution in [2.45, 2.75) is 18.7 Å². The van der Waals surface area contributed by atoms with E-state index in [1.807, 2.05) is 12.2 Å². The predicted octanol–water partition coefficient (Wildman–Crippen LogP) is 4.18. The van der Waals surface area contributed by atoms with Crippen LogP contribution >= 0.6 is 11.8 Å². The average Bonchev–Trinajstić information content (AvgIpc) is 2.09. The second-order valence-corrected chi connectivity index (χ2v) is 4.25. The molecule has 0 aliphatic heterocycles. The Morgan fingerprint density at radius 2 is 1.92 bits per heavy atom. The van der Waals surface area contributed by atoms with Crippen molar-refractivity contribution in [2.24, 2.45) is 0 Å². The van der Waals surface area contributed by atoms with Crippen molar-refractivity contribution in [3.8, 4) is 0 Å². The van der Waals surface area contributed by atoms with Gasteiger partial charge in [0.1, 0.15) is 0 Å². The van der Waals surface area contributed by atoms with Gasteiger partial charge in [-0.25, -0.2) is 0 Å². The minimum atomic E-state index is 1.26. The second-order valence-electron chi connectivity index (χ2n) is 2.93. The summed E-state index contributed by atoms with van der Waals surface area (Å²) in [4.78, 5) is 2.54. The third-order valence-corrected chi connectivity index (χ3v) is 2.62. The van der Waals surface area contributed by atoms with Crippen molar-refractivity contribution in [3.63, 3.8) is 0 Å². The molecule has 0 radical (unpaired) electrons. The van der Waals surface area contributed by atoms with Gasteiger partial charge in [0, 0.05) is 4.90 Å². The maximum absolute atomic E-state index is 3.67. The molecule has 0 aliphatic carbocycles. The lowest BCUT2D eigenvalue weighted by atomic mass is 10.2. The Morgan fingerprint density at radius 1 is 1.31 bits per heavy atom. The van der Waals surface area contributed by atoms with Crippen LogP contribution in [0.15, 0.2) is 52.8 Å². The van der Waals surface area contributed by atoms with E-state index in [-0.39, 0.29) is 0 Å². The van der Waals surface area contributed by atoms with E-state index >= 15 is 0 Å². The zero-order chi connectivity index (χ0) is 9.68. The summed E-state index contributed by atoms with van der Waals surface area (Å²) in [5.74, 6) is 0. The molecule has 0 heterocycles. The number of rotatable bonds is 3. The summed E-state index contributed by atoms with van der Waals surface area (Å²) in [7, 11) is 0. The molecule has 0 atom stereocenters. The van der Waals surface area contributed by atoms with Gasteiger partial charge in [0.2, 0.25) is 0 Å². The Balaban J connectivity index is 2.69. The van der Waals surface area contributed by atoms with Gasteiger partial charge in [0.25, 0.3) is 0 Å². The summed E-state index contributed by atoms with van der Waals surface area (Å²) in [6.45, 7) is 7.85. The summed E-state index contributed by atoms with van der Waals surface area (Å²) in [6, 6.07) is 8.54. The van der Waals surface area contributed by atoms with Gasteiger partial charge in [0.05, 0.1) is 0 Å². The lowest BCUT2D eigenvalue weighted by Crippen LogP contribution is -1.73. The normalized spacial score (nSPS) is 11.4. The van der Waals surface area contributed by atoms with Crippen molar-refractivity contribution >= 4 is 11.8 Å². The highest BCUT2D eigenvalue weighted by atomic mass is 32.2. The molecule has 0 aromatic heterocycles. The molecule has 0 spiro atoms. The van der Waals surface area contributed by atoms with E-state index in [0.717, 1.165) is 0 Å². The number of thioether (sulfide) groups is 1. The highest BCUT2D eigenvalue weighted by molar-refractivity contribution is 8.03. The highest BCUT2D eigenvalue weighted by Gasteiger charge is 1.93. The molecule has 1 aromatic carbocycles. The quantitative estimate of drug-likeness (QED) is 0.509. The first kappa shape index (κ1) is 10.1. The highest BCUT2D eigenvalue weighted by Crippen LogP contribution is 2.25. The van der Waals surface area contributed by atoms with Gasteiger partial charge < -0.3 is 0 Å². The first-order chi connectivity index (χ1) is 6.22. The van der Waals surface area contributed by atoms with E-state index in [4.69, 9.17) is 0 Å². The maximum Gasteiger partial charge on any atom is 0.0119 e. The fraction of sp³-hybridized carbons (Fsp3) is 0.167. The molecule has 68 valence electrons. The fourth-order valence-corrected chi connectivity index (χ4v) is 1.80. The van der Waals surface area contributed by atoms with Crippen LogP contribution in [0.25, 0.3) is 0 Å². The number of aryl methyl sites for hydroxylation is 1. The molecule has 13 heavy (non-hydrogen) atoms. The summed E-state index contributed by atoms with van der Waals surface area (Å²) < 4.78 is 0. The average molecular weight is 190 g/mol. The van der Waals surface area contributed by atoms with E-state index in [1.54, 1.807) is 11.8 Å². The SMILES string of the molecule is C=C/C=C(\C)Sc1ccc(C)cc1. The summed E-state index contributed by atoms with van der Waals surface area (Å²) >= 11 is 1.77. The minimum absolute atomic E-state index is 1.26. The van der Waals surface area contributed by atoms with Crippen LogP contribution in [0.2, 0.25) is 0 Å². The van der Waals surface area contributed by atoms with Gasteiger partial charge >= 0.3 is 0 Å². The van der Waals surface area contributed by atoms with Gasteiger partial charge in [-0.3, -0.25) is 0 Å². The molecule has 0 amide bonds. The molecule has 0 fully saturated rings. The monoisotopic (exact) mass is 190 g/mol. The second kappa shape index (κ2) is 4.93. The number of hydrogen-bond acceptors (Lipinski definition) is 1. The van der Waals surface area contributed by atoms with Crippen LogP contribution in [0.1, 0.15) is 12.5 Å². The van der Waals surface area contributed by atoms with Crippen LogP contribution in [0.3, 0.4) is 0 Å². The van der Waals surface area contributed by atoms with Gasteiger partial charge in [0.15, 0.2) is 0 Å². The predicted molar refractivity (Wildman–Crippen MR) is 61.0 cm³/mol. The number of hydrogen-bond donors (Lipinski definition) is 0. The molecule has 0 bridgehead atoms. The minimum Gasteiger partial charge on any atom is -0.0990 e. The molecular formula is C12H14S. The molecule has 1 heteroatoms. The molecule has 0 aliphatic rings. The zero-order valence-corrected chi connectivity index (χ0v) is 8.90. The van der Waals surface area contributed by atoms with Gasteiger partial charge in [-0.15, -0.1) is 0 Å². The summed E-state index contributed by atoms with van der Waals surface area (Å²) in [5.41, 5.74) is 1.30. The Labute approximate surface area is 84.4 Å². The van der Waals surface area contributed by atoms with Gasteiger partial charge in [-0.2, -0.15) is 0 Å². The third-order valence-electron chi connectivity index (χ3n) is 1.65. The van der Waals surface area contributed by atoms with Crippen molar-refractivity contribution in [1.29, 1.82) is 0 Å². The molecule has 0 saturated heterocycles. The molecule has 1 rings (SSSR count). The Kier molecular flexibility index (Phi) is 3.84. The van der Waals surface area contributed by atoms with Crippen molar-refractivity contribution in [1.82, 2.24) is 0 Å². The van der Waals surface area contributed by atoms with Crippen LogP contribution in [-0.4, -0.2) is 0 Å². The molecule has 0 N–H and O–H groups in total. The topological polar surface area (TPSA) is 0 Å². The van der Waals surface area contributed by atoms with Crippen LogP contribution in [0.5, 0.6) is 0 Å². The van der Waals surface area contributed by atoms with Crippen LogP contribution in [-0.2, 0) is 0 Å². The molecule has 0 nitrogen and oxygen atoms in total. The Bertz CT molecular complexity index is 306. The van der Waals surface area contributed by atoms with Crippen LogP contribution < -0.4 is 0 Å². The first-order valence-electron chi connectivity index (χ1n) is 4.26. The third kappa shape index (κ3) is 3.51. The fourth-order valence-electron chi connectivity index (χ4n) is 0.992. The number of allylic oxidation sites excluding steroid dienone is 3. The Hall–Kier alpha value is -0.950. The maximum atomic E-state index is 3.67. The van der Waals surface area contributed by atoms with Crippen LogP contribution in [0, 0.1) is 6.92 Å². The van der Waals surface area contributed by atoms with E-state index in [1.165, 1.54) is 15.4 Å². The van der Waals surface area contributed by atoms with E-state index in [9.17, 15) is 0 Å². The molecule has 0 unspecified atom stereocenters. The molecular weight excluding hydrogens is 176 g/mol. The van der Waals surface area contributed by atoms with Crippen molar-refractivity contribution < 1.29 is 0 Å².